The lowest BCUT2D eigenvalue weighted by Crippen LogP contribution is -2.48. The van der Waals surface area contributed by atoms with E-state index in [1.807, 2.05) is 4.90 Å². The molecule has 2 aromatic carbocycles. The van der Waals surface area contributed by atoms with E-state index in [1.165, 1.54) is 23.3 Å². The van der Waals surface area contributed by atoms with E-state index < -0.39 is 11.9 Å². The Kier molecular flexibility index (Phi) is 7.85. The zero-order valence-electron chi connectivity index (χ0n) is 16.0. The Morgan fingerprint density at radius 2 is 1.52 bits per heavy atom. The quantitative estimate of drug-likeness (QED) is 0.765. The molecule has 0 aromatic heterocycles. The summed E-state index contributed by atoms with van der Waals surface area (Å²) < 4.78 is 12.9. The minimum Gasteiger partial charge on any atom is -0.473 e. The van der Waals surface area contributed by atoms with E-state index in [0.717, 1.165) is 19.6 Å². The number of hydrogen-bond donors (Lipinski definition) is 2. The van der Waals surface area contributed by atoms with Gasteiger partial charge in [0.15, 0.2) is 0 Å². The van der Waals surface area contributed by atoms with Gasteiger partial charge in [-0.05, 0) is 36.8 Å². The van der Waals surface area contributed by atoms with Gasteiger partial charge in [-0.1, -0.05) is 29.8 Å². The average molecular weight is 402 g/mol. The molecule has 0 radical (unpaired) electrons. The molecule has 3 rings (SSSR count). The van der Waals surface area contributed by atoms with E-state index in [-0.39, 0.29) is 11.7 Å². The zero-order chi connectivity index (χ0) is 21.4. The lowest BCUT2D eigenvalue weighted by atomic mass is 10.1. The summed E-state index contributed by atoms with van der Waals surface area (Å²) in [5, 5.41) is 14.8. The molecule has 1 aliphatic heterocycles. The van der Waals surface area contributed by atoms with Crippen LogP contribution in [0.4, 0.5) is 4.39 Å². The predicted octanol–water partition coefficient (Wildman–Crippen LogP) is 2.25. The average Bonchev–Trinajstić information content (AvgIpc) is 2.69. The van der Waals surface area contributed by atoms with Crippen molar-refractivity contribution in [3.8, 4) is 0 Å². The van der Waals surface area contributed by atoms with Gasteiger partial charge in [0, 0.05) is 38.3 Å². The number of carbonyl (C=O) groups is 3. The highest BCUT2D eigenvalue weighted by atomic mass is 19.1. The van der Waals surface area contributed by atoms with Crippen molar-refractivity contribution >= 4 is 17.8 Å². The van der Waals surface area contributed by atoms with Crippen molar-refractivity contribution in [3.05, 3.63) is 71.0 Å². The predicted molar refractivity (Wildman–Crippen MR) is 104 cm³/mol. The van der Waals surface area contributed by atoms with Gasteiger partial charge in [-0.2, -0.15) is 0 Å². The van der Waals surface area contributed by atoms with Crippen molar-refractivity contribution in [2.75, 3.05) is 26.2 Å². The van der Waals surface area contributed by atoms with Crippen LogP contribution in [0.15, 0.2) is 48.5 Å². The van der Waals surface area contributed by atoms with E-state index in [2.05, 4.69) is 36.1 Å². The van der Waals surface area contributed by atoms with Gasteiger partial charge in [0.25, 0.3) is 5.91 Å². The van der Waals surface area contributed by atoms with Crippen LogP contribution in [0.5, 0.6) is 0 Å². The van der Waals surface area contributed by atoms with Crippen molar-refractivity contribution in [2.45, 2.75) is 13.5 Å². The van der Waals surface area contributed by atoms with Crippen molar-refractivity contribution in [3.63, 3.8) is 0 Å². The van der Waals surface area contributed by atoms with E-state index in [4.69, 9.17) is 19.8 Å². The second kappa shape index (κ2) is 10.3. The summed E-state index contributed by atoms with van der Waals surface area (Å²) in [7, 11) is 0. The van der Waals surface area contributed by atoms with Crippen LogP contribution in [0.1, 0.15) is 21.5 Å². The molecule has 0 aliphatic carbocycles. The molecule has 7 nitrogen and oxygen atoms in total. The minimum absolute atomic E-state index is 0.0137. The third kappa shape index (κ3) is 7.00. The molecule has 0 unspecified atom stereocenters. The number of carboxylic acids is 2. The first-order valence-electron chi connectivity index (χ1n) is 9.05. The highest BCUT2D eigenvalue weighted by Crippen LogP contribution is 2.13. The summed E-state index contributed by atoms with van der Waals surface area (Å²) in [5.74, 6) is -3.98. The number of piperazine rings is 1. The Balaban J connectivity index is 0.000000438. The molecule has 29 heavy (non-hydrogen) atoms. The molecular formula is C21H23FN2O5. The lowest BCUT2D eigenvalue weighted by Gasteiger charge is -2.34. The van der Waals surface area contributed by atoms with Crippen LogP contribution in [-0.4, -0.2) is 64.0 Å². The molecule has 0 spiro atoms. The summed E-state index contributed by atoms with van der Waals surface area (Å²) >= 11 is 0. The summed E-state index contributed by atoms with van der Waals surface area (Å²) in [6.45, 7) is 6.16. The van der Waals surface area contributed by atoms with Gasteiger partial charge in [0.1, 0.15) is 5.82 Å². The molecule has 0 bridgehead atoms. The molecule has 0 atom stereocenters. The molecule has 1 aliphatic rings. The largest absolute Gasteiger partial charge is 0.473 e. The fourth-order valence-electron chi connectivity index (χ4n) is 2.95. The van der Waals surface area contributed by atoms with Crippen LogP contribution in [0.2, 0.25) is 0 Å². The third-order valence-corrected chi connectivity index (χ3v) is 4.42. The van der Waals surface area contributed by atoms with Gasteiger partial charge >= 0.3 is 11.9 Å². The molecule has 2 aromatic rings. The van der Waals surface area contributed by atoms with E-state index in [1.54, 1.807) is 12.1 Å². The summed E-state index contributed by atoms with van der Waals surface area (Å²) in [4.78, 5) is 34.8. The van der Waals surface area contributed by atoms with Crippen LogP contribution >= 0.6 is 0 Å². The Morgan fingerprint density at radius 1 is 0.931 bits per heavy atom. The van der Waals surface area contributed by atoms with Gasteiger partial charge in [0.2, 0.25) is 0 Å². The number of carbonyl (C=O) groups excluding carboxylic acids is 1. The molecule has 0 saturated carbocycles. The topological polar surface area (TPSA) is 98.2 Å². The molecular weight excluding hydrogens is 379 g/mol. The highest BCUT2D eigenvalue weighted by Gasteiger charge is 2.22. The standard InChI is InChI=1S/C19H21FN2O.C2H2O4/c1-15-3-2-4-16(13-15)14-21-9-11-22(12-10-21)19(23)17-5-7-18(20)8-6-17;3-1(4)2(5)6/h2-8,13H,9-12,14H2,1H3;(H,3,4)(H,5,6). The summed E-state index contributed by atoms with van der Waals surface area (Å²) in [5.41, 5.74) is 3.13. The Morgan fingerprint density at radius 3 is 2.03 bits per heavy atom. The van der Waals surface area contributed by atoms with Crippen LogP contribution in [0, 0.1) is 12.7 Å². The summed E-state index contributed by atoms with van der Waals surface area (Å²) in [6.07, 6.45) is 0. The molecule has 1 fully saturated rings. The van der Waals surface area contributed by atoms with Crippen molar-refractivity contribution in [1.29, 1.82) is 0 Å². The molecule has 154 valence electrons. The number of rotatable bonds is 3. The minimum atomic E-state index is -1.82. The highest BCUT2D eigenvalue weighted by molar-refractivity contribution is 6.27. The molecule has 1 saturated heterocycles. The normalized spacial score (nSPS) is 13.9. The van der Waals surface area contributed by atoms with E-state index >= 15 is 0 Å². The first kappa shape index (κ1) is 22.0. The van der Waals surface area contributed by atoms with Gasteiger partial charge in [-0.3, -0.25) is 9.69 Å². The maximum Gasteiger partial charge on any atom is 0.414 e. The number of amides is 1. The number of aliphatic carboxylic acids is 2. The maximum atomic E-state index is 12.9. The fraction of sp³-hybridized carbons (Fsp3) is 0.286. The lowest BCUT2D eigenvalue weighted by molar-refractivity contribution is -0.159. The van der Waals surface area contributed by atoms with Crippen LogP contribution in [0.25, 0.3) is 0 Å². The number of nitrogens with zero attached hydrogens (tertiary/aromatic N) is 2. The smallest absolute Gasteiger partial charge is 0.414 e. The molecule has 8 heteroatoms. The van der Waals surface area contributed by atoms with Gasteiger partial charge in [-0.25, -0.2) is 14.0 Å². The van der Waals surface area contributed by atoms with Gasteiger partial charge in [-0.15, -0.1) is 0 Å². The monoisotopic (exact) mass is 402 g/mol. The second-order valence-electron chi connectivity index (χ2n) is 6.67. The fourth-order valence-corrected chi connectivity index (χ4v) is 2.95. The van der Waals surface area contributed by atoms with E-state index in [0.29, 0.717) is 18.7 Å². The molecule has 1 amide bonds. The van der Waals surface area contributed by atoms with Crippen molar-refractivity contribution < 1.29 is 29.0 Å². The Bertz CT molecular complexity index is 850. The van der Waals surface area contributed by atoms with Gasteiger partial charge in [0.05, 0.1) is 0 Å². The SMILES string of the molecule is Cc1cccc(CN2CCN(C(=O)c3ccc(F)cc3)CC2)c1.O=C(O)C(=O)O. The van der Waals surface area contributed by atoms with Gasteiger partial charge < -0.3 is 15.1 Å². The van der Waals surface area contributed by atoms with Crippen LogP contribution < -0.4 is 0 Å². The first-order valence-corrected chi connectivity index (χ1v) is 9.05. The Labute approximate surface area is 168 Å². The van der Waals surface area contributed by atoms with Crippen molar-refractivity contribution in [2.24, 2.45) is 0 Å². The summed E-state index contributed by atoms with van der Waals surface area (Å²) in [6, 6.07) is 14.3. The Hall–Kier alpha value is -3.26. The maximum absolute atomic E-state index is 12.9. The first-order chi connectivity index (χ1) is 13.8. The van der Waals surface area contributed by atoms with Crippen LogP contribution in [-0.2, 0) is 16.1 Å². The number of carboxylic acid groups (broad SMARTS) is 2. The van der Waals surface area contributed by atoms with Crippen LogP contribution in [0.3, 0.4) is 0 Å². The van der Waals surface area contributed by atoms with Crippen molar-refractivity contribution in [1.82, 2.24) is 9.80 Å². The number of benzene rings is 2. The zero-order valence-corrected chi connectivity index (χ0v) is 16.0. The third-order valence-electron chi connectivity index (χ3n) is 4.42. The second-order valence-corrected chi connectivity index (χ2v) is 6.67. The molecule has 2 N–H and O–H groups in total. The number of aryl methyl sites for hydroxylation is 1. The number of halogens is 1. The number of hydrogen-bond acceptors (Lipinski definition) is 4. The van der Waals surface area contributed by atoms with E-state index in [9.17, 15) is 9.18 Å². The molecule has 1 heterocycles.